The Kier molecular flexibility index (Phi) is 7.91. The number of unbranched alkanes of at least 4 members (excludes halogenated alkanes) is 1. The van der Waals surface area contributed by atoms with Gasteiger partial charge in [0.05, 0.1) is 19.8 Å². The van der Waals surface area contributed by atoms with Crippen molar-refractivity contribution in [1.82, 2.24) is 10.6 Å². The Bertz CT molecular complexity index is 669. The van der Waals surface area contributed by atoms with Crippen LogP contribution >= 0.6 is 0 Å². The highest BCUT2D eigenvalue weighted by Crippen LogP contribution is 2.34. The van der Waals surface area contributed by atoms with E-state index in [4.69, 9.17) is 14.2 Å². The third-order valence-electron chi connectivity index (χ3n) is 4.67. The van der Waals surface area contributed by atoms with Gasteiger partial charge in [0.25, 0.3) is 5.91 Å². The fourth-order valence-corrected chi connectivity index (χ4v) is 2.78. The van der Waals surface area contributed by atoms with Crippen LogP contribution in [0.2, 0.25) is 0 Å². The van der Waals surface area contributed by atoms with E-state index in [2.05, 4.69) is 10.6 Å². The number of carbonyl (C=O) groups is 2. The Morgan fingerprint density at radius 1 is 1.25 bits per heavy atom. The van der Waals surface area contributed by atoms with Crippen LogP contribution in [0.25, 0.3) is 0 Å². The molecule has 2 atom stereocenters. The van der Waals surface area contributed by atoms with Crippen molar-refractivity contribution in [2.75, 3.05) is 19.8 Å². The minimum atomic E-state index is -1.57. The number of rotatable bonds is 9. The Morgan fingerprint density at radius 2 is 1.96 bits per heavy atom. The standard InChI is InChI=1S/C20H29FN2O5/c1-4-6-11-22-18(25)23-17(24)19(3)27-14-20(5-2,28-19)13-26-12-15-7-9-16(21)10-8-15/h7-10H,4-6,11-14H2,1-3H3,(H2,22,23,24,25). The third kappa shape index (κ3) is 5.98. The highest BCUT2D eigenvalue weighted by molar-refractivity contribution is 5.97. The van der Waals surface area contributed by atoms with Gasteiger partial charge in [-0.15, -0.1) is 0 Å². The molecule has 156 valence electrons. The predicted molar refractivity (Wildman–Crippen MR) is 101 cm³/mol. The lowest BCUT2D eigenvalue weighted by Crippen LogP contribution is -2.52. The van der Waals surface area contributed by atoms with Gasteiger partial charge in [-0.1, -0.05) is 32.4 Å². The molecule has 0 aliphatic carbocycles. The second-order valence-electron chi connectivity index (χ2n) is 7.06. The summed E-state index contributed by atoms with van der Waals surface area (Å²) in [6.45, 7) is 6.54. The van der Waals surface area contributed by atoms with Crippen LogP contribution in [-0.2, 0) is 25.6 Å². The van der Waals surface area contributed by atoms with Gasteiger partial charge in [0.2, 0.25) is 5.79 Å². The van der Waals surface area contributed by atoms with E-state index < -0.39 is 23.3 Å². The number of hydrogen-bond acceptors (Lipinski definition) is 5. The van der Waals surface area contributed by atoms with Crippen LogP contribution in [0.15, 0.2) is 24.3 Å². The maximum atomic E-state index is 13.0. The summed E-state index contributed by atoms with van der Waals surface area (Å²) in [5.74, 6) is -2.53. The summed E-state index contributed by atoms with van der Waals surface area (Å²) >= 11 is 0. The molecule has 1 heterocycles. The number of hydrogen-bond donors (Lipinski definition) is 2. The predicted octanol–water partition coefficient (Wildman–Crippen LogP) is 2.88. The highest BCUT2D eigenvalue weighted by atomic mass is 19.1. The average Bonchev–Trinajstić information content (AvgIpc) is 3.02. The van der Waals surface area contributed by atoms with E-state index in [1.54, 1.807) is 12.1 Å². The van der Waals surface area contributed by atoms with Gasteiger partial charge >= 0.3 is 6.03 Å². The van der Waals surface area contributed by atoms with Gasteiger partial charge in [0.15, 0.2) is 0 Å². The lowest BCUT2D eigenvalue weighted by atomic mass is 10.0. The zero-order valence-electron chi connectivity index (χ0n) is 16.7. The number of benzene rings is 1. The van der Waals surface area contributed by atoms with E-state index in [9.17, 15) is 14.0 Å². The van der Waals surface area contributed by atoms with E-state index in [1.807, 2.05) is 13.8 Å². The van der Waals surface area contributed by atoms with E-state index >= 15 is 0 Å². The van der Waals surface area contributed by atoms with Crippen molar-refractivity contribution >= 4 is 11.9 Å². The molecular weight excluding hydrogens is 367 g/mol. The Labute approximate surface area is 164 Å². The number of halogens is 1. The summed E-state index contributed by atoms with van der Waals surface area (Å²) in [5, 5.41) is 4.87. The van der Waals surface area contributed by atoms with E-state index in [0.29, 0.717) is 13.0 Å². The smallest absolute Gasteiger partial charge is 0.321 e. The molecule has 2 unspecified atom stereocenters. The molecule has 1 fully saturated rings. The first kappa shape index (κ1) is 22.3. The maximum Gasteiger partial charge on any atom is 0.321 e. The number of urea groups is 1. The zero-order chi connectivity index (χ0) is 20.6. The maximum absolute atomic E-state index is 13.0. The van der Waals surface area contributed by atoms with Gasteiger partial charge in [-0.25, -0.2) is 9.18 Å². The first-order valence-electron chi connectivity index (χ1n) is 9.58. The van der Waals surface area contributed by atoms with Crippen molar-refractivity contribution in [3.8, 4) is 0 Å². The van der Waals surface area contributed by atoms with Crippen LogP contribution in [0.1, 0.15) is 45.6 Å². The number of carbonyl (C=O) groups excluding carboxylic acids is 2. The average molecular weight is 396 g/mol. The minimum absolute atomic E-state index is 0.161. The fourth-order valence-electron chi connectivity index (χ4n) is 2.78. The Morgan fingerprint density at radius 3 is 2.61 bits per heavy atom. The summed E-state index contributed by atoms with van der Waals surface area (Å²) < 4.78 is 30.2. The van der Waals surface area contributed by atoms with Crippen LogP contribution in [0.3, 0.4) is 0 Å². The van der Waals surface area contributed by atoms with Gasteiger partial charge in [-0.2, -0.15) is 0 Å². The molecule has 0 radical (unpaired) electrons. The van der Waals surface area contributed by atoms with Crippen LogP contribution in [0.5, 0.6) is 0 Å². The number of imide groups is 1. The molecule has 0 saturated carbocycles. The van der Waals surface area contributed by atoms with Crippen molar-refractivity contribution in [3.05, 3.63) is 35.6 Å². The van der Waals surface area contributed by atoms with Crippen molar-refractivity contribution < 1.29 is 28.2 Å². The Hall–Kier alpha value is -2.03. The molecule has 1 aliphatic heterocycles. The highest BCUT2D eigenvalue weighted by Gasteiger charge is 2.52. The van der Waals surface area contributed by atoms with Crippen molar-refractivity contribution in [3.63, 3.8) is 0 Å². The van der Waals surface area contributed by atoms with Gasteiger partial charge in [-0.05, 0) is 37.5 Å². The first-order valence-corrected chi connectivity index (χ1v) is 9.58. The van der Waals surface area contributed by atoms with Crippen LogP contribution in [-0.4, -0.2) is 43.1 Å². The van der Waals surface area contributed by atoms with Gasteiger partial charge in [-0.3, -0.25) is 10.1 Å². The molecule has 1 saturated heterocycles. The third-order valence-corrected chi connectivity index (χ3v) is 4.67. The summed E-state index contributed by atoms with van der Waals surface area (Å²) in [7, 11) is 0. The Balaban J connectivity index is 1.87. The molecule has 3 amide bonds. The SMILES string of the molecule is CCCCNC(=O)NC(=O)C1(C)OCC(CC)(COCc2ccc(F)cc2)O1. The zero-order valence-corrected chi connectivity index (χ0v) is 16.7. The summed E-state index contributed by atoms with van der Waals surface area (Å²) in [5.41, 5.74) is 0.0287. The van der Waals surface area contributed by atoms with Crippen molar-refractivity contribution in [2.24, 2.45) is 0 Å². The quantitative estimate of drug-likeness (QED) is 0.627. The molecule has 1 aromatic carbocycles. The molecule has 0 spiro atoms. The topological polar surface area (TPSA) is 85.9 Å². The summed E-state index contributed by atoms with van der Waals surface area (Å²) in [6, 6.07) is 5.46. The van der Waals surface area contributed by atoms with Gasteiger partial charge in [0, 0.05) is 6.54 Å². The molecule has 28 heavy (non-hydrogen) atoms. The number of ether oxygens (including phenoxy) is 3. The molecule has 1 aromatic rings. The second-order valence-corrected chi connectivity index (χ2v) is 7.06. The largest absolute Gasteiger partial charge is 0.374 e. The lowest BCUT2D eigenvalue weighted by molar-refractivity contribution is -0.195. The molecule has 7 nitrogen and oxygen atoms in total. The molecular formula is C20H29FN2O5. The molecule has 0 bridgehead atoms. The first-order chi connectivity index (χ1) is 13.3. The normalized spacial score (nSPS) is 24.1. The molecule has 0 aromatic heterocycles. The van der Waals surface area contributed by atoms with Gasteiger partial charge < -0.3 is 19.5 Å². The number of amides is 3. The minimum Gasteiger partial charge on any atom is -0.374 e. The van der Waals surface area contributed by atoms with Crippen LogP contribution < -0.4 is 10.6 Å². The lowest BCUT2D eigenvalue weighted by Gasteiger charge is -2.28. The summed E-state index contributed by atoms with van der Waals surface area (Å²) in [4.78, 5) is 24.2. The van der Waals surface area contributed by atoms with E-state index in [-0.39, 0.29) is 25.6 Å². The van der Waals surface area contributed by atoms with E-state index in [1.165, 1.54) is 19.1 Å². The van der Waals surface area contributed by atoms with Crippen LogP contribution in [0.4, 0.5) is 9.18 Å². The summed E-state index contributed by atoms with van der Waals surface area (Å²) in [6.07, 6.45) is 2.33. The van der Waals surface area contributed by atoms with Crippen molar-refractivity contribution in [1.29, 1.82) is 0 Å². The fraction of sp³-hybridized carbons (Fsp3) is 0.600. The molecule has 8 heteroatoms. The molecule has 2 rings (SSSR count). The van der Waals surface area contributed by atoms with Crippen LogP contribution in [0, 0.1) is 5.82 Å². The number of nitrogens with one attached hydrogen (secondary N) is 2. The molecule has 1 aliphatic rings. The van der Waals surface area contributed by atoms with E-state index in [0.717, 1.165) is 18.4 Å². The monoisotopic (exact) mass is 396 g/mol. The second kappa shape index (κ2) is 9.95. The molecule has 2 N–H and O–H groups in total. The van der Waals surface area contributed by atoms with Crippen molar-refractivity contribution in [2.45, 2.75) is 58.0 Å². The van der Waals surface area contributed by atoms with Gasteiger partial charge in [0.1, 0.15) is 11.4 Å².